The Hall–Kier alpha value is -2.22. The minimum absolute atomic E-state index is 0.291. The van der Waals surface area contributed by atoms with Gasteiger partial charge in [-0.3, -0.25) is 9.59 Å². The normalized spacial score (nSPS) is 19.4. The number of benzene rings is 1. The number of fused-ring (bicyclic) bond motifs is 1. The molecule has 0 radical (unpaired) electrons. The molecule has 2 N–H and O–H groups in total. The molecule has 0 spiro atoms. The van der Waals surface area contributed by atoms with Gasteiger partial charge in [-0.25, -0.2) is 0 Å². The van der Waals surface area contributed by atoms with Crippen LogP contribution in [-0.2, 0) is 6.18 Å². The van der Waals surface area contributed by atoms with Crippen LogP contribution < -0.4 is 10.9 Å². The molecule has 4 nitrogen and oxygen atoms in total. The van der Waals surface area contributed by atoms with Crippen LogP contribution in [0.1, 0.15) is 53.0 Å². The number of pyridine rings is 1. The summed E-state index contributed by atoms with van der Waals surface area (Å²) in [5.41, 5.74) is -0.532. The molecule has 1 aliphatic heterocycles. The maximum Gasteiger partial charge on any atom is 0.431 e. The van der Waals surface area contributed by atoms with Crippen LogP contribution in [0.2, 0.25) is 0 Å². The Morgan fingerprint density at radius 2 is 2.04 bits per heavy atom. The Morgan fingerprint density at radius 1 is 1.30 bits per heavy atom. The zero-order valence-electron chi connectivity index (χ0n) is 14.8. The van der Waals surface area contributed by atoms with Crippen molar-refractivity contribution in [2.75, 3.05) is 0 Å². The van der Waals surface area contributed by atoms with Gasteiger partial charge in [0.25, 0.3) is 11.5 Å². The van der Waals surface area contributed by atoms with Gasteiger partial charge in [0.15, 0.2) is 0 Å². The SMILES string of the molecule is CCC1CC(NC(=O)c2ccc(C(F)(F)F)[nH]c2=O)c2cc(C)ccc2S1. The second kappa shape index (κ2) is 7.42. The quantitative estimate of drug-likeness (QED) is 0.806. The third kappa shape index (κ3) is 4.21. The molecule has 8 heteroatoms. The van der Waals surface area contributed by atoms with Gasteiger partial charge in [-0.2, -0.15) is 13.2 Å². The zero-order chi connectivity index (χ0) is 19.8. The first-order valence-corrected chi connectivity index (χ1v) is 9.45. The van der Waals surface area contributed by atoms with E-state index >= 15 is 0 Å². The molecule has 0 saturated heterocycles. The van der Waals surface area contributed by atoms with Crippen LogP contribution in [0.15, 0.2) is 40.0 Å². The number of amides is 1. The van der Waals surface area contributed by atoms with Gasteiger partial charge in [-0.1, -0.05) is 24.6 Å². The number of aromatic nitrogens is 1. The van der Waals surface area contributed by atoms with Crippen LogP contribution in [0.3, 0.4) is 0 Å². The van der Waals surface area contributed by atoms with Crippen molar-refractivity contribution in [2.24, 2.45) is 0 Å². The second-order valence-electron chi connectivity index (χ2n) is 6.56. The molecule has 0 saturated carbocycles. The fourth-order valence-corrected chi connectivity index (χ4v) is 4.40. The Labute approximate surface area is 158 Å². The standard InChI is InChI=1S/C19H19F3N2O2S/c1-3-11-9-14(13-8-10(2)4-6-15(13)27-11)23-17(25)12-5-7-16(19(20,21)22)24-18(12)26/h4-8,11,14H,3,9H2,1-2H3,(H,23,25)(H,24,26). The molecular weight excluding hydrogens is 377 g/mol. The minimum atomic E-state index is -4.67. The molecule has 2 heterocycles. The molecule has 1 aromatic carbocycles. The summed E-state index contributed by atoms with van der Waals surface area (Å²) in [6.07, 6.45) is -3.05. The van der Waals surface area contributed by atoms with Crippen molar-refractivity contribution in [1.29, 1.82) is 0 Å². The van der Waals surface area contributed by atoms with E-state index in [9.17, 15) is 22.8 Å². The number of carbonyl (C=O) groups is 1. The van der Waals surface area contributed by atoms with Crippen molar-refractivity contribution < 1.29 is 18.0 Å². The number of aromatic amines is 1. The van der Waals surface area contributed by atoms with Crippen LogP contribution in [0.4, 0.5) is 13.2 Å². The molecule has 0 aliphatic carbocycles. The molecule has 1 aromatic heterocycles. The van der Waals surface area contributed by atoms with E-state index in [-0.39, 0.29) is 11.6 Å². The van der Waals surface area contributed by atoms with E-state index < -0.39 is 23.3 Å². The van der Waals surface area contributed by atoms with E-state index in [1.54, 1.807) is 16.7 Å². The smallest absolute Gasteiger partial charge is 0.345 e. The summed E-state index contributed by atoms with van der Waals surface area (Å²) < 4.78 is 38.1. The largest absolute Gasteiger partial charge is 0.431 e. The number of aryl methyl sites for hydroxylation is 1. The van der Waals surface area contributed by atoms with E-state index in [2.05, 4.69) is 12.2 Å². The van der Waals surface area contributed by atoms with E-state index in [1.165, 1.54) is 0 Å². The number of hydrogen-bond donors (Lipinski definition) is 2. The van der Waals surface area contributed by atoms with Gasteiger partial charge in [0.2, 0.25) is 0 Å². The summed E-state index contributed by atoms with van der Waals surface area (Å²) in [5, 5.41) is 3.14. The summed E-state index contributed by atoms with van der Waals surface area (Å²) >= 11 is 1.76. The Morgan fingerprint density at radius 3 is 2.67 bits per heavy atom. The zero-order valence-corrected chi connectivity index (χ0v) is 15.6. The van der Waals surface area contributed by atoms with Gasteiger partial charge < -0.3 is 10.3 Å². The first-order chi connectivity index (χ1) is 12.7. The Bertz CT molecular complexity index is 924. The molecule has 27 heavy (non-hydrogen) atoms. The number of carbonyl (C=O) groups excluding carboxylic acids is 1. The average molecular weight is 396 g/mol. The fourth-order valence-electron chi connectivity index (χ4n) is 3.11. The number of halogens is 3. The minimum Gasteiger partial charge on any atom is -0.345 e. The third-order valence-electron chi connectivity index (χ3n) is 4.55. The fraction of sp³-hybridized carbons (Fsp3) is 0.368. The first-order valence-electron chi connectivity index (χ1n) is 8.57. The van der Waals surface area contributed by atoms with Crippen molar-refractivity contribution in [3.63, 3.8) is 0 Å². The maximum absolute atomic E-state index is 12.7. The molecule has 144 valence electrons. The second-order valence-corrected chi connectivity index (χ2v) is 7.91. The number of alkyl halides is 3. The van der Waals surface area contributed by atoms with Crippen molar-refractivity contribution in [3.8, 4) is 0 Å². The summed E-state index contributed by atoms with van der Waals surface area (Å²) in [4.78, 5) is 27.3. The molecule has 1 amide bonds. The van der Waals surface area contributed by atoms with Crippen molar-refractivity contribution in [1.82, 2.24) is 10.3 Å². The average Bonchev–Trinajstić information content (AvgIpc) is 2.60. The van der Waals surface area contributed by atoms with Crippen LogP contribution in [-0.4, -0.2) is 16.1 Å². The monoisotopic (exact) mass is 396 g/mol. The highest BCUT2D eigenvalue weighted by Crippen LogP contribution is 2.42. The van der Waals surface area contributed by atoms with Crippen molar-refractivity contribution in [2.45, 2.75) is 49.1 Å². The lowest BCUT2D eigenvalue weighted by molar-refractivity contribution is -0.141. The van der Waals surface area contributed by atoms with Crippen LogP contribution >= 0.6 is 11.8 Å². The summed E-state index contributed by atoms with van der Waals surface area (Å²) in [6.45, 7) is 4.02. The van der Waals surface area contributed by atoms with Crippen molar-refractivity contribution >= 4 is 17.7 Å². The maximum atomic E-state index is 12.7. The molecule has 3 rings (SSSR count). The molecule has 0 bridgehead atoms. The lowest BCUT2D eigenvalue weighted by Gasteiger charge is -2.31. The molecule has 2 atom stereocenters. The van der Waals surface area contributed by atoms with Crippen molar-refractivity contribution in [3.05, 3.63) is 63.1 Å². The number of nitrogens with one attached hydrogen (secondary N) is 2. The van der Waals surface area contributed by atoms with Gasteiger partial charge in [0, 0.05) is 10.1 Å². The summed E-state index contributed by atoms with van der Waals surface area (Å²) in [6, 6.07) is 7.35. The molecule has 2 unspecified atom stereocenters. The number of hydrogen-bond acceptors (Lipinski definition) is 3. The third-order valence-corrected chi connectivity index (χ3v) is 6.04. The van der Waals surface area contributed by atoms with Crippen LogP contribution in [0, 0.1) is 6.92 Å². The topological polar surface area (TPSA) is 62.0 Å². The Kier molecular flexibility index (Phi) is 5.37. The highest BCUT2D eigenvalue weighted by atomic mass is 32.2. The van der Waals surface area contributed by atoms with E-state index in [4.69, 9.17) is 0 Å². The number of H-pyrrole nitrogens is 1. The van der Waals surface area contributed by atoms with Gasteiger partial charge in [0.05, 0.1) is 6.04 Å². The van der Waals surface area contributed by atoms with Crippen LogP contribution in [0.5, 0.6) is 0 Å². The molecule has 1 aliphatic rings. The van der Waals surface area contributed by atoms with E-state index in [0.717, 1.165) is 28.5 Å². The van der Waals surface area contributed by atoms with E-state index in [1.807, 2.05) is 25.1 Å². The number of thioether (sulfide) groups is 1. The van der Waals surface area contributed by atoms with Gasteiger partial charge in [0.1, 0.15) is 11.3 Å². The lowest BCUT2D eigenvalue weighted by Crippen LogP contribution is -2.36. The molecular formula is C19H19F3N2O2S. The summed E-state index contributed by atoms with van der Waals surface area (Å²) in [5.74, 6) is -0.677. The lowest BCUT2D eigenvalue weighted by atomic mass is 9.98. The predicted molar refractivity (Wildman–Crippen MR) is 98.0 cm³/mol. The highest BCUT2D eigenvalue weighted by Gasteiger charge is 2.33. The highest BCUT2D eigenvalue weighted by molar-refractivity contribution is 8.00. The van der Waals surface area contributed by atoms with Gasteiger partial charge in [-0.05, 0) is 43.5 Å². The number of rotatable bonds is 3. The molecule has 0 fully saturated rings. The molecule has 2 aromatic rings. The van der Waals surface area contributed by atoms with Gasteiger partial charge in [-0.15, -0.1) is 11.8 Å². The van der Waals surface area contributed by atoms with Gasteiger partial charge >= 0.3 is 6.18 Å². The first kappa shape index (κ1) is 19.5. The van der Waals surface area contributed by atoms with Crippen LogP contribution in [0.25, 0.3) is 0 Å². The summed E-state index contributed by atoms with van der Waals surface area (Å²) in [7, 11) is 0. The Balaban J connectivity index is 1.88. The predicted octanol–water partition coefficient (Wildman–Crippen LogP) is 4.45. The van der Waals surface area contributed by atoms with E-state index in [0.29, 0.717) is 17.7 Å².